The van der Waals surface area contributed by atoms with E-state index in [4.69, 9.17) is 9.47 Å². The van der Waals surface area contributed by atoms with Gasteiger partial charge in [0.05, 0.1) is 18.6 Å². The molecule has 126 valence electrons. The topological polar surface area (TPSA) is 94.2 Å². The number of methoxy groups -OCH3 is 1. The summed E-state index contributed by atoms with van der Waals surface area (Å²) < 4.78 is 10.6. The maximum Gasteiger partial charge on any atom is 0.271 e. The molecule has 1 N–H and O–H groups in total. The molecule has 0 unspecified atom stereocenters. The fraction of sp³-hybridized carbons (Fsp3) is 0.235. The van der Waals surface area contributed by atoms with E-state index in [0.717, 1.165) is 6.42 Å². The van der Waals surface area contributed by atoms with E-state index in [2.05, 4.69) is 4.99 Å². The van der Waals surface area contributed by atoms with Crippen LogP contribution in [0.2, 0.25) is 0 Å². The van der Waals surface area contributed by atoms with E-state index in [-0.39, 0.29) is 11.4 Å². The lowest BCUT2D eigenvalue weighted by Crippen LogP contribution is -1.95. The SMILES string of the molecule is CCCOc1ccc(C=Nc2cc([N+](=O)[O-])ccc2OC)c(O)c1. The number of phenolic OH excluding ortho intramolecular Hbond substituents is 1. The average molecular weight is 330 g/mol. The number of phenols is 1. The summed E-state index contributed by atoms with van der Waals surface area (Å²) in [5, 5.41) is 20.9. The van der Waals surface area contributed by atoms with Gasteiger partial charge in [0, 0.05) is 30.0 Å². The lowest BCUT2D eigenvalue weighted by molar-refractivity contribution is -0.384. The van der Waals surface area contributed by atoms with Gasteiger partial charge in [-0.1, -0.05) is 6.92 Å². The van der Waals surface area contributed by atoms with Gasteiger partial charge in [0.15, 0.2) is 0 Å². The Bertz CT molecular complexity index is 759. The van der Waals surface area contributed by atoms with Crippen LogP contribution in [0.5, 0.6) is 17.2 Å². The van der Waals surface area contributed by atoms with Gasteiger partial charge in [-0.3, -0.25) is 15.1 Å². The molecular weight excluding hydrogens is 312 g/mol. The fourth-order valence-corrected chi connectivity index (χ4v) is 1.97. The lowest BCUT2D eigenvalue weighted by atomic mass is 10.2. The van der Waals surface area contributed by atoms with E-state index in [9.17, 15) is 15.2 Å². The highest BCUT2D eigenvalue weighted by molar-refractivity contribution is 5.86. The first kappa shape index (κ1) is 17.3. The Morgan fingerprint density at radius 2 is 2.08 bits per heavy atom. The monoisotopic (exact) mass is 330 g/mol. The quantitative estimate of drug-likeness (QED) is 0.473. The van der Waals surface area contributed by atoms with Crippen molar-refractivity contribution in [2.45, 2.75) is 13.3 Å². The molecule has 2 aromatic rings. The summed E-state index contributed by atoms with van der Waals surface area (Å²) in [6.07, 6.45) is 2.29. The van der Waals surface area contributed by atoms with E-state index in [0.29, 0.717) is 29.4 Å². The van der Waals surface area contributed by atoms with Crippen LogP contribution in [0, 0.1) is 10.1 Å². The van der Waals surface area contributed by atoms with Gasteiger partial charge in [-0.2, -0.15) is 0 Å². The molecule has 0 atom stereocenters. The zero-order valence-corrected chi connectivity index (χ0v) is 13.4. The number of nitro groups is 1. The molecule has 0 aliphatic rings. The number of ether oxygens (including phenoxy) is 2. The molecule has 0 aromatic heterocycles. The number of non-ortho nitro benzene ring substituents is 1. The van der Waals surface area contributed by atoms with Gasteiger partial charge in [0.2, 0.25) is 0 Å². The number of hydrogen-bond donors (Lipinski definition) is 1. The maximum absolute atomic E-state index is 10.9. The normalized spacial score (nSPS) is 10.8. The molecule has 0 amide bonds. The Hall–Kier alpha value is -3.09. The van der Waals surface area contributed by atoms with Gasteiger partial charge in [0.25, 0.3) is 5.69 Å². The van der Waals surface area contributed by atoms with Crippen LogP contribution in [-0.4, -0.2) is 30.0 Å². The van der Waals surface area contributed by atoms with E-state index >= 15 is 0 Å². The summed E-state index contributed by atoms with van der Waals surface area (Å²) in [5.41, 5.74) is 0.681. The van der Waals surface area contributed by atoms with Crippen LogP contribution >= 0.6 is 0 Å². The molecule has 0 bridgehead atoms. The third-order valence-corrected chi connectivity index (χ3v) is 3.19. The van der Waals surface area contributed by atoms with Gasteiger partial charge in [0.1, 0.15) is 22.9 Å². The second kappa shape index (κ2) is 7.96. The largest absolute Gasteiger partial charge is 0.507 e. The first-order valence-corrected chi connectivity index (χ1v) is 7.37. The van der Waals surface area contributed by atoms with E-state index in [1.165, 1.54) is 37.6 Å². The molecule has 2 aromatic carbocycles. The fourth-order valence-electron chi connectivity index (χ4n) is 1.97. The second-order valence-corrected chi connectivity index (χ2v) is 4.94. The summed E-state index contributed by atoms with van der Waals surface area (Å²) in [5.74, 6) is 0.982. The van der Waals surface area contributed by atoms with Crippen LogP contribution in [0.4, 0.5) is 11.4 Å². The standard InChI is InChI=1S/C17H18N2O5/c1-3-8-24-14-6-4-12(16(20)10-14)11-18-15-9-13(19(21)22)5-7-17(15)23-2/h4-7,9-11,20H,3,8H2,1-2H3. The lowest BCUT2D eigenvalue weighted by Gasteiger charge is -2.07. The van der Waals surface area contributed by atoms with Crippen LogP contribution in [0.25, 0.3) is 0 Å². The van der Waals surface area contributed by atoms with Crippen LogP contribution in [0.3, 0.4) is 0 Å². The molecule has 0 aliphatic heterocycles. The van der Waals surface area contributed by atoms with Gasteiger partial charge < -0.3 is 14.6 Å². The highest BCUT2D eigenvalue weighted by Crippen LogP contribution is 2.32. The Kier molecular flexibility index (Phi) is 5.73. The molecule has 7 nitrogen and oxygen atoms in total. The molecule has 24 heavy (non-hydrogen) atoms. The highest BCUT2D eigenvalue weighted by Gasteiger charge is 2.10. The number of nitro benzene ring substituents is 1. The second-order valence-electron chi connectivity index (χ2n) is 4.94. The number of benzene rings is 2. The Labute approximate surface area is 139 Å². The predicted octanol–water partition coefficient (Wildman–Crippen LogP) is 3.85. The number of aliphatic imine (C=N–C) groups is 1. The summed E-state index contributed by atoms with van der Waals surface area (Å²) in [6.45, 7) is 2.56. The van der Waals surface area contributed by atoms with Crippen molar-refractivity contribution in [1.29, 1.82) is 0 Å². The van der Waals surface area contributed by atoms with Crippen molar-refractivity contribution in [3.63, 3.8) is 0 Å². The summed E-state index contributed by atoms with van der Waals surface area (Å²) >= 11 is 0. The molecule has 0 heterocycles. The molecule has 0 saturated carbocycles. The summed E-state index contributed by atoms with van der Waals surface area (Å²) in [6, 6.07) is 9.02. The van der Waals surface area contributed by atoms with Gasteiger partial charge in [-0.25, -0.2) is 0 Å². The van der Waals surface area contributed by atoms with Crippen molar-refractivity contribution in [3.05, 3.63) is 52.1 Å². The zero-order valence-electron chi connectivity index (χ0n) is 13.4. The van der Waals surface area contributed by atoms with Crippen LogP contribution in [-0.2, 0) is 0 Å². The molecule has 0 radical (unpaired) electrons. The van der Waals surface area contributed by atoms with Crippen molar-refractivity contribution in [3.8, 4) is 17.2 Å². The molecule has 0 aliphatic carbocycles. The molecule has 7 heteroatoms. The van der Waals surface area contributed by atoms with Gasteiger partial charge in [-0.05, 0) is 24.6 Å². The Morgan fingerprint density at radius 1 is 1.29 bits per heavy atom. The van der Waals surface area contributed by atoms with Gasteiger partial charge >= 0.3 is 0 Å². The molecule has 2 rings (SSSR count). The molecule has 0 spiro atoms. The molecule has 0 fully saturated rings. The summed E-state index contributed by atoms with van der Waals surface area (Å²) in [7, 11) is 1.46. The van der Waals surface area contributed by atoms with Crippen molar-refractivity contribution < 1.29 is 19.5 Å². The van der Waals surface area contributed by atoms with E-state index in [1.54, 1.807) is 12.1 Å². The van der Waals surface area contributed by atoms with Crippen molar-refractivity contribution >= 4 is 17.6 Å². The summed E-state index contributed by atoms with van der Waals surface area (Å²) in [4.78, 5) is 14.5. The predicted molar refractivity (Wildman–Crippen MR) is 90.8 cm³/mol. The first-order valence-electron chi connectivity index (χ1n) is 7.37. The van der Waals surface area contributed by atoms with E-state index < -0.39 is 4.92 Å². The minimum Gasteiger partial charge on any atom is -0.507 e. The Morgan fingerprint density at radius 3 is 2.71 bits per heavy atom. The van der Waals surface area contributed by atoms with Crippen molar-refractivity contribution in [2.24, 2.45) is 4.99 Å². The zero-order chi connectivity index (χ0) is 17.5. The first-order chi connectivity index (χ1) is 11.5. The van der Waals surface area contributed by atoms with Crippen LogP contribution in [0.15, 0.2) is 41.4 Å². The molecular formula is C17H18N2O5. The molecule has 0 saturated heterocycles. The highest BCUT2D eigenvalue weighted by atomic mass is 16.6. The van der Waals surface area contributed by atoms with Gasteiger partial charge in [-0.15, -0.1) is 0 Å². The van der Waals surface area contributed by atoms with Crippen molar-refractivity contribution in [2.75, 3.05) is 13.7 Å². The Balaban J connectivity index is 2.27. The smallest absolute Gasteiger partial charge is 0.271 e. The third kappa shape index (κ3) is 4.22. The minimum atomic E-state index is -0.504. The number of aromatic hydroxyl groups is 1. The van der Waals surface area contributed by atoms with E-state index in [1.807, 2.05) is 6.92 Å². The average Bonchev–Trinajstić information content (AvgIpc) is 2.58. The van der Waals surface area contributed by atoms with Crippen molar-refractivity contribution in [1.82, 2.24) is 0 Å². The number of nitrogens with zero attached hydrogens (tertiary/aromatic N) is 2. The third-order valence-electron chi connectivity index (χ3n) is 3.19. The maximum atomic E-state index is 10.9. The number of rotatable bonds is 7. The van der Waals surface area contributed by atoms with Crippen LogP contribution in [0.1, 0.15) is 18.9 Å². The van der Waals surface area contributed by atoms with Crippen LogP contribution < -0.4 is 9.47 Å². The number of hydrogen-bond acceptors (Lipinski definition) is 6. The minimum absolute atomic E-state index is 0.0109.